The van der Waals surface area contributed by atoms with Crippen molar-refractivity contribution in [3.8, 4) is 11.4 Å². The number of benzene rings is 2. The van der Waals surface area contributed by atoms with E-state index in [0.29, 0.717) is 16.7 Å². The molecule has 3 aromatic rings. The van der Waals surface area contributed by atoms with Crippen LogP contribution in [0.3, 0.4) is 0 Å². The molecule has 0 aliphatic heterocycles. The Hall–Kier alpha value is -2.89. The van der Waals surface area contributed by atoms with Crippen LogP contribution in [-0.2, 0) is 0 Å². The third-order valence-corrected chi connectivity index (χ3v) is 3.22. The minimum absolute atomic E-state index is 0.111. The molecule has 6 heteroatoms. The number of aromatic nitrogens is 2. The Kier molecular flexibility index (Phi) is 3.06. The van der Waals surface area contributed by atoms with Gasteiger partial charge in [-0.1, -0.05) is 6.07 Å². The number of aromatic carboxylic acids is 1. The molecule has 0 aliphatic carbocycles. The first-order chi connectivity index (χ1) is 10.1. The molecule has 0 saturated carbocycles. The summed E-state index contributed by atoms with van der Waals surface area (Å²) >= 11 is 0. The standard InChI is InChI=1S/C15H11FN2O3/c1-21-13-6-5-9(7-11(13)16)18-8-17-14-10(15(19)20)3-2-4-12(14)18/h2-8H,1H3,(H,19,20). The first-order valence-electron chi connectivity index (χ1n) is 6.15. The van der Waals surface area contributed by atoms with E-state index in [-0.39, 0.29) is 11.3 Å². The van der Waals surface area contributed by atoms with Crippen LogP contribution in [0.15, 0.2) is 42.7 Å². The fraction of sp³-hybridized carbons (Fsp3) is 0.0667. The average molecular weight is 286 g/mol. The molecule has 0 atom stereocenters. The molecule has 1 heterocycles. The Morgan fingerprint density at radius 3 is 2.81 bits per heavy atom. The number of nitrogens with zero attached hydrogens (tertiary/aromatic N) is 2. The SMILES string of the molecule is COc1ccc(-n2cnc3c(C(=O)O)cccc32)cc1F. The topological polar surface area (TPSA) is 64.4 Å². The Bertz CT molecular complexity index is 842. The zero-order valence-corrected chi connectivity index (χ0v) is 11.1. The lowest BCUT2D eigenvalue weighted by molar-refractivity contribution is 0.0699. The molecule has 0 amide bonds. The van der Waals surface area contributed by atoms with Crippen LogP contribution >= 0.6 is 0 Å². The van der Waals surface area contributed by atoms with Crippen molar-refractivity contribution in [3.05, 3.63) is 54.1 Å². The molecule has 5 nitrogen and oxygen atoms in total. The molecule has 2 aromatic carbocycles. The van der Waals surface area contributed by atoms with E-state index in [1.54, 1.807) is 22.8 Å². The van der Waals surface area contributed by atoms with Crippen LogP contribution in [-0.4, -0.2) is 27.7 Å². The maximum absolute atomic E-state index is 13.8. The first-order valence-corrected chi connectivity index (χ1v) is 6.15. The third-order valence-electron chi connectivity index (χ3n) is 3.22. The summed E-state index contributed by atoms with van der Waals surface area (Å²) in [6, 6.07) is 9.35. The zero-order chi connectivity index (χ0) is 15.0. The van der Waals surface area contributed by atoms with E-state index >= 15 is 0 Å². The summed E-state index contributed by atoms with van der Waals surface area (Å²) in [5, 5.41) is 9.15. The Labute approximate surface area is 119 Å². The highest BCUT2D eigenvalue weighted by Gasteiger charge is 2.14. The number of hydrogen-bond acceptors (Lipinski definition) is 3. The van der Waals surface area contributed by atoms with E-state index in [1.807, 2.05) is 0 Å². The second kappa shape index (κ2) is 4.90. The molecular weight excluding hydrogens is 275 g/mol. The number of rotatable bonds is 3. The van der Waals surface area contributed by atoms with Crippen molar-refractivity contribution >= 4 is 17.0 Å². The smallest absolute Gasteiger partial charge is 0.337 e. The van der Waals surface area contributed by atoms with Crippen molar-refractivity contribution in [2.45, 2.75) is 0 Å². The van der Waals surface area contributed by atoms with Gasteiger partial charge in [-0.05, 0) is 24.3 Å². The second-order valence-corrected chi connectivity index (χ2v) is 4.41. The molecule has 0 spiro atoms. The molecule has 1 N–H and O–H groups in total. The van der Waals surface area contributed by atoms with E-state index < -0.39 is 11.8 Å². The maximum atomic E-state index is 13.8. The molecule has 3 rings (SSSR count). The minimum Gasteiger partial charge on any atom is -0.494 e. The molecule has 1 aromatic heterocycles. The van der Waals surface area contributed by atoms with E-state index in [9.17, 15) is 9.18 Å². The van der Waals surface area contributed by atoms with Crippen molar-refractivity contribution in [2.24, 2.45) is 0 Å². The van der Waals surface area contributed by atoms with Crippen LogP contribution in [0.2, 0.25) is 0 Å². The largest absolute Gasteiger partial charge is 0.494 e. The number of methoxy groups -OCH3 is 1. The van der Waals surface area contributed by atoms with Gasteiger partial charge in [0.15, 0.2) is 11.6 Å². The summed E-state index contributed by atoms with van der Waals surface area (Å²) in [6.45, 7) is 0. The number of carboxylic acids is 1. The highest BCUT2D eigenvalue weighted by Crippen LogP contribution is 2.24. The van der Waals surface area contributed by atoms with Gasteiger partial charge in [-0.3, -0.25) is 4.57 Å². The molecular formula is C15H11FN2O3. The van der Waals surface area contributed by atoms with Gasteiger partial charge in [-0.2, -0.15) is 0 Å². The lowest BCUT2D eigenvalue weighted by Gasteiger charge is -2.07. The van der Waals surface area contributed by atoms with Gasteiger partial charge in [0, 0.05) is 6.07 Å². The summed E-state index contributed by atoms with van der Waals surface area (Å²) in [7, 11) is 1.39. The number of fused-ring (bicyclic) bond motifs is 1. The molecule has 21 heavy (non-hydrogen) atoms. The molecule has 0 saturated heterocycles. The van der Waals surface area contributed by atoms with E-state index in [0.717, 1.165) is 0 Å². The van der Waals surface area contributed by atoms with Crippen LogP contribution in [0.1, 0.15) is 10.4 Å². The van der Waals surface area contributed by atoms with E-state index in [2.05, 4.69) is 4.98 Å². The summed E-state index contributed by atoms with van der Waals surface area (Å²) in [4.78, 5) is 15.3. The normalized spacial score (nSPS) is 10.8. The molecule has 0 unspecified atom stereocenters. The Morgan fingerprint density at radius 1 is 1.33 bits per heavy atom. The van der Waals surface area contributed by atoms with Gasteiger partial charge in [0.1, 0.15) is 11.8 Å². The highest BCUT2D eigenvalue weighted by molar-refractivity contribution is 6.01. The lowest BCUT2D eigenvalue weighted by atomic mass is 10.2. The van der Waals surface area contributed by atoms with E-state index in [1.165, 1.54) is 31.6 Å². The van der Waals surface area contributed by atoms with E-state index in [4.69, 9.17) is 9.84 Å². The fourth-order valence-electron chi connectivity index (χ4n) is 2.22. The number of ether oxygens (including phenoxy) is 1. The Morgan fingerprint density at radius 2 is 2.14 bits per heavy atom. The van der Waals surface area contributed by atoms with Crippen LogP contribution in [0.5, 0.6) is 5.75 Å². The van der Waals surface area contributed by atoms with Gasteiger partial charge in [0.05, 0.1) is 23.9 Å². The van der Waals surface area contributed by atoms with Crippen LogP contribution in [0.25, 0.3) is 16.7 Å². The average Bonchev–Trinajstić information content (AvgIpc) is 2.90. The minimum atomic E-state index is -1.05. The van der Waals surface area contributed by atoms with Gasteiger partial charge in [-0.25, -0.2) is 14.2 Å². The summed E-state index contributed by atoms with van der Waals surface area (Å²) in [6.07, 6.45) is 1.47. The van der Waals surface area contributed by atoms with Crippen molar-refractivity contribution in [1.82, 2.24) is 9.55 Å². The summed E-state index contributed by atoms with van der Waals surface area (Å²) in [5.41, 5.74) is 1.61. The number of carbonyl (C=O) groups is 1. The number of para-hydroxylation sites is 1. The molecule has 0 radical (unpaired) electrons. The molecule has 0 aliphatic rings. The van der Waals surface area contributed by atoms with Gasteiger partial charge < -0.3 is 9.84 Å². The quantitative estimate of drug-likeness (QED) is 0.804. The summed E-state index contributed by atoms with van der Waals surface area (Å²) in [5.74, 6) is -1.40. The van der Waals surface area contributed by atoms with Gasteiger partial charge in [0.25, 0.3) is 0 Å². The van der Waals surface area contributed by atoms with Gasteiger partial charge in [-0.15, -0.1) is 0 Å². The van der Waals surface area contributed by atoms with Crippen molar-refractivity contribution in [3.63, 3.8) is 0 Å². The third kappa shape index (κ3) is 2.10. The monoisotopic (exact) mass is 286 g/mol. The zero-order valence-electron chi connectivity index (χ0n) is 11.1. The summed E-state index contributed by atoms with van der Waals surface area (Å²) < 4.78 is 20.3. The number of hydrogen-bond donors (Lipinski definition) is 1. The van der Waals surface area contributed by atoms with Crippen LogP contribution in [0.4, 0.5) is 4.39 Å². The Balaban J connectivity index is 2.20. The molecule has 0 bridgehead atoms. The molecule has 106 valence electrons. The van der Waals surface area contributed by atoms with Crippen molar-refractivity contribution in [1.29, 1.82) is 0 Å². The number of carboxylic acid groups (broad SMARTS) is 1. The van der Waals surface area contributed by atoms with Gasteiger partial charge >= 0.3 is 5.97 Å². The van der Waals surface area contributed by atoms with Crippen LogP contribution < -0.4 is 4.74 Å². The lowest BCUT2D eigenvalue weighted by Crippen LogP contribution is -1.98. The predicted molar refractivity (Wildman–Crippen MR) is 74.5 cm³/mol. The highest BCUT2D eigenvalue weighted by atomic mass is 19.1. The van der Waals surface area contributed by atoms with Crippen molar-refractivity contribution < 1.29 is 19.0 Å². The van der Waals surface area contributed by atoms with Gasteiger partial charge in [0.2, 0.25) is 0 Å². The number of halogens is 1. The fourth-order valence-corrected chi connectivity index (χ4v) is 2.22. The first kappa shape index (κ1) is 13.1. The van der Waals surface area contributed by atoms with Crippen molar-refractivity contribution in [2.75, 3.05) is 7.11 Å². The van der Waals surface area contributed by atoms with Crippen LogP contribution in [0, 0.1) is 5.82 Å². The molecule has 0 fully saturated rings. The maximum Gasteiger partial charge on any atom is 0.337 e. The predicted octanol–water partition coefficient (Wildman–Crippen LogP) is 2.87. The second-order valence-electron chi connectivity index (χ2n) is 4.41. The number of imidazole rings is 1.